The maximum absolute atomic E-state index is 10.7. The van der Waals surface area contributed by atoms with Crippen LogP contribution in [-0.4, -0.2) is 26.2 Å². The highest BCUT2D eigenvalue weighted by atomic mass is 16.8. The van der Waals surface area contributed by atoms with E-state index in [0.29, 0.717) is 13.0 Å². The summed E-state index contributed by atoms with van der Waals surface area (Å²) in [6.45, 7) is 4.58. The van der Waals surface area contributed by atoms with Gasteiger partial charge in [0.25, 0.3) is 0 Å². The Morgan fingerprint density at radius 3 is 2.54 bits per heavy atom. The van der Waals surface area contributed by atoms with Crippen LogP contribution in [0.3, 0.4) is 0 Å². The van der Waals surface area contributed by atoms with Gasteiger partial charge >= 0.3 is 6.16 Å². The van der Waals surface area contributed by atoms with Crippen molar-refractivity contribution >= 4 is 6.16 Å². The minimum Gasteiger partial charge on any atom is -0.438 e. The molecule has 0 fully saturated rings. The van der Waals surface area contributed by atoms with Crippen LogP contribution in [0.2, 0.25) is 0 Å². The number of carbonyl (C=O) groups excluding carboxylic acids is 1. The number of ether oxygens (including phenoxy) is 3. The molecule has 0 heterocycles. The molecule has 4 nitrogen and oxygen atoms in total. The predicted molar refractivity (Wildman–Crippen MR) is 48.4 cm³/mol. The van der Waals surface area contributed by atoms with Crippen molar-refractivity contribution in [3.63, 3.8) is 0 Å². The molecule has 0 saturated carbocycles. The molecule has 0 aliphatic rings. The summed E-state index contributed by atoms with van der Waals surface area (Å²) in [5, 5.41) is 0. The van der Waals surface area contributed by atoms with Crippen molar-refractivity contribution in [2.45, 2.75) is 39.4 Å². The van der Waals surface area contributed by atoms with E-state index in [1.165, 1.54) is 7.11 Å². The Labute approximate surface area is 79.2 Å². The topological polar surface area (TPSA) is 44.8 Å². The number of unbranched alkanes of at least 4 members (excludes halogenated alkanes) is 1. The fourth-order valence-corrected chi connectivity index (χ4v) is 0.750. The number of rotatable bonds is 6. The van der Waals surface area contributed by atoms with Crippen molar-refractivity contribution in [2.75, 3.05) is 13.7 Å². The molecule has 0 aliphatic carbocycles. The first-order valence-corrected chi connectivity index (χ1v) is 4.60. The van der Waals surface area contributed by atoms with E-state index in [2.05, 4.69) is 11.7 Å². The van der Waals surface area contributed by atoms with Crippen LogP contribution in [0.1, 0.15) is 33.1 Å². The van der Waals surface area contributed by atoms with Gasteiger partial charge < -0.3 is 14.2 Å². The fraction of sp³-hybridized carbons (Fsp3) is 0.889. The lowest BCUT2D eigenvalue weighted by Crippen LogP contribution is -2.21. The van der Waals surface area contributed by atoms with Crippen LogP contribution in [0, 0.1) is 0 Å². The summed E-state index contributed by atoms with van der Waals surface area (Å²) in [5.41, 5.74) is 0. The molecule has 0 aromatic carbocycles. The zero-order chi connectivity index (χ0) is 10.1. The molecule has 1 unspecified atom stereocenters. The zero-order valence-electron chi connectivity index (χ0n) is 8.54. The highest BCUT2D eigenvalue weighted by Crippen LogP contribution is 2.03. The molecule has 0 amide bonds. The molecule has 0 aliphatic heterocycles. The van der Waals surface area contributed by atoms with Crippen molar-refractivity contribution in [1.82, 2.24) is 0 Å². The van der Waals surface area contributed by atoms with Crippen LogP contribution in [-0.2, 0) is 14.2 Å². The minimum absolute atomic E-state index is 0.473. The summed E-state index contributed by atoms with van der Waals surface area (Å²) >= 11 is 0. The molecule has 0 rings (SSSR count). The smallest absolute Gasteiger partial charge is 0.438 e. The average Bonchev–Trinajstić information content (AvgIpc) is 2.16. The highest BCUT2D eigenvalue weighted by Gasteiger charge is 2.11. The first-order valence-electron chi connectivity index (χ1n) is 4.60. The Morgan fingerprint density at radius 2 is 2.08 bits per heavy atom. The minimum atomic E-state index is -0.691. The van der Waals surface area contributed by atoms with Gasteiger partial charge in [0.2, 0.25) is 6.29 Å². The molecule has 0 radical (unpaired) electrons. The second kappa shape index (κ2) is 7.86. The molecule has 0 bridgehead atoms. The van der Waals surface area contributed by atoms with E-state index in [4.69, 9.17) is 9.47 Å². The van der Waals surface area contributed by atoms with Crippen molar-refractivity contribution in [2.24, 2.45) is 0 Å². The van der Waals surface area contributed by atoms with Gasteiger partial charge in [-0.15, -0.1) is 0 Å². The third kappa shape index (κ3) is 6.40. The van der Waals surface area contributed by atoms with E-state index in [9.17, 15) is 4.79 Å². The van der Waals surface area contributed by atoms with Gasteiger partial charge in [0.05, 0.1) is 13.7 Å². The normalized spacial score (nSPS) is 12.2. The Bertz CT molecular complexity index is 136. The van der Waals surface area contributed by atoms with Crippen molar-refractivity contribution < 1.29 is 19.0 Å². The van der Waals surface area contributed by atoms with E-state index in [-0.39, 0.29) is 0 Å². The molecule has 78 valence electrons. The summed E-state index contributed by atoms with van der Waals surface area (Å²) in [6, 6.07) is 0. The van der Waals surface area contributed by atoms with Crippen molar-refractivity contribution in [1.29, 1.82) is 0 Å². The molecule has 0 aromatic rings. The van der Waals surface area contributed by atoms with Gasteiger partial charge in [-0.25, -0.2) is 4.79 Å². The van der Waals surface area contributed by atoms with Crippen molar-refractivity contribution in [3.8, 4) is 0 Å². The molecular formula is C9H18O4. The number of methoxy groups -OCH3 is 1. The van der Waals surface area contributed by atoms with Crippen LogP contribution in [0.15, 0.2) is 0 Å². The molecule has 4 heteroatoms. The third-order valence-corrected chi connectivity index (χ3v) is 1.53. The van der Waals surface area contributed by atoms with E-state index in [1.54, 1.807) is 0 Å². The summed E-state index contributed by atoms with van der Waals surface area (Å²) in [6.07, 6.45) is 1.51. The van der Waals surface area contributed by atoms with E-state index >= 15 is 0 Å². The summed E-state index contributed by atoms with van der Waals surface area (Å²) < 4.78 is 14.4. The Hall–Kier alpha value is -0.770. The largest absolute Gasteiger partial charge is 0.510 e. The number of hydrogen-bond donors (Lipinski definition) is 0. The lowest BCUT2D eigenvalue weighted by molar-refractivity contribution is -0.121. The van der Waals surface area contributed by atoms with Gasteiger partial charge in [-0.1, -0.05) is 20.3 Å². The van der Waals surface area contributed by atoms with E-state index < -0.39 is 12.4 Å². The van der Waals surface area contributed by atoms with E-state index in [0.717, 1.165) is 12.8 Å². The first-order chi connectivity index (χ1) is 6.24. The molecular weight excluding hydrogens is 172 g/mol. The van der Waals surface area contributed by atoms with Gasteiger partial charge in [0.1, 0.15) is 0 Å². The first kappa shape index (κ1) is 12.2. The van der Waals surface area contributed by atoms with Crippen LogP contribution in [0.25, 0.3) is 0 Å². The number of carbonyl (C=O) groups is 1. The third-order valence-electron chi connectivity index (χ3n) is 1.53. The summed E-state index contributed by atoms with van der Waals surface area (Å²) in [5.74, 6) is 0. The predicted octanol–water partition coefficient (Wildman–Crippen LogP) is 2.32. The summed E-state index contributed by atoms with van der Waals surface area (Å²) in [4.78, 5) is 10.7. The van der Waals surface area contributed by atoms with Gasteiger partial charge in [0.15, 0.2) is 0 Å². The van der Waals surface area contributed by atoms with Gasteiger partial charge in [-0.05, 0) is 6.42 Å². The molecule has 1 atom stereocenters. The van der Waals surface area contributed by atoms with Crippen LogP contribution in [0.4, 0.5) is 4.79 Å². The monoisotopic (exact) mass is 190 g/mol. The van der Waals surface area contributed by atoms with Gasteiger partial charge in [-0.2, -0.15) is 0 Å². The quantitative estimate of drug-likeness (QED) is 0.366. The Morgan fingerprint density at radius 1 is 1.38 bits per heavy atom. The lowest BCUT2D eigenvalue weighted by atomic mass is 10.3. The molecule has 0 aromatic heterocycles. The highest BCUT2D eigenvalue weighted by molar-refractivity contribution is 5.59. The van der Waals surface area contributed by atoms with Crippen LogP contribution < -0.4 is 0 Å². The zero-order valence-corrected chi connectivity index (χ0v) is 8.54. The van der Waals surface area contributed by atoms with Crippen molar-refractivity contribution in [3.05, 3.63) is 0 Å². The molecule has 0 N–H and O–H groups in total. The molecule has 13 heavy (non-hydrogen) atoms. The molecule has 0 spiro atoms. The maximum atomic E-state index is 10.7. The van der Waals surface area contributed by atoms with Crippen LogP contribution in [0.5, 0.6) is 0 Å². The fourth-order valence-electron chi connectivity index (χ4n) is 0.750. The van der Waals surface area contributed by atoms with Crippen LogP contribution >= 0.6 is 0 Å². The second-order valence-electron chi connectivity index (χ2n) is 2.63. The van der Waals surface area contributed by atoms with E-state index in [1.807, 2.05) is 6.92 Å². The lowest BCUT2D eigenvalue weighted by Gasteiger charge is -2.15. The Kier molecular flexibility index (Phi) is 7.39. The SMILES string of the molecule is CCCCOC(CC)OC(=O)OC. The van der Waals surface area contributed by atoms with Gasteiger partial charge in [0, 0.05) is 6.42 Å². The second-order valence-corrected chi connectivity index (χ2v) is 2.63. The molecule has 0 saturated heterocycles. The maximum Gasteiger partial charge on any atom is 0.510 e. The van der Waals surface area contributed by atoms with Gasteiger partial charge in [-0.3, -0.25) is 0 Å². The summed E-state index contributed by atoms with van der Waals surface area (Å²) in [7, 11) is 1.28. The Balaban J connectivity index is 3.56. The average molecular weight is 190 g/mol. The standard InChI is InChI=1S/C9H18O4/c1-4-6-7-12-8(5-2)13-9(10)11-3/h8H,4-7H2,1-3H3. The number of hydrogen-bond acceptors (Lipinski definition) is 4.